The monoisotopic (exact) mass is 899 g/mol. The number of unbranched alkanes of at least 4 members (excludes halogenated alkanes) is 23. The van der Waals surface area contributed by atoms with Crippen LogP contribution in [-0.2, 0) is 28.6 Å². The number of carbonyl (C=O) groups excluding carboxylic acids is 2. The molecule has 0 aliphatic rings. The molecule has 0 aromatic carbocycles. The first-order chi connectivity index (χ1) is 31.1. The van der Waals surface area contributed by atoms with E-state index >= 15 is 0 Å². The molecule has 0 fully saturated rings. The van der Waals surface area contributed by atoms with E-state index in [0.29, 0.717) is 19.3 Å². The molecular formula is C56H100NO7+. The Labute approximate surface area is 394 Å². The van der Waals surface area contributed by atoms with Crippen molar-refractivity contribution < 1.29 is 38.2 Å². The van der Waals surface area contributed by atoms with Crippen LogP contribution in [0.4, 0.5) is 0 Å². The van der Waals surface area contributed by atoms with Crippen molar-refractivity contribution in [2.24, 2.45) is 0 Å². The largest absolute Gasteiger partial charge is 0.477 e. The summed E-state index contributed by atoms with van der Waals surface area (Å²) in [6.07, 6.45) is 58.4. The lowest BCUT2D eigenvalue weighted by molar-refractivity contribution is -0.887. The van der Waals surface area contributed by atoms with E-state index in [1.807, 2.05) is 21.1 Å². The third-order valence-corrected chi connectivity index (χ3v) is 11.7. The lowest BCUT2D eigenvalue weighted by Crippen LogP contribution is -2.50. The fourth-order valence-electron chi connectivity index (χ4n) is 7.61. The van der Waals surface area contributed by atoms with E-state index in [-0.39, 0.29) is 36.2 Å². The standard InChI is InChI=1S/C56H99NO7/c1-6-8-10-12-14-16-18-20-22-24-26-27-28-29-31-33-35-37-39-41-43-45-47-55(59)64-52(50-62-49-48-53(56(60)61)57(3,4)5)51-63-54(58)46-44-42-40-38-36-34-32-30-25-23-21-19-17-15-13-11-9-7-2/h8,10,14,16,20,22,26-27,30,32,52-53H,6-7,9,11-13,15,17-19,21,23-25,28-29,31,33-51H2,1-5H3/p+1/b10-8+,16-14+,22-20+,27-26+,32-30+. The summed E-state index contributed by atoms with van der Waals surface area (Å²) in [5, 5.41) is 9.66. The minimum atomic E-state index is -0.877. The first kappa shape index (κ1) is 61.0. The van der Waals surface area contributed by atoms with Crippen molar-refractivity contribution in [3.05, 3.63) is 60.8 Å². The summed E-state index contributed by atoms with van der Waals surface area (Å²) in [5.74, 6) is -1.48. The number of carboxylic acid groups (broad SMARTS) is 1. The van der Waals surface area contributed by atoms with Gasteiger partial charge in [-0.05, 0) is 77.0 Å². The van der Waals surface area contributed by atoms with Crippen molar-refractivity contribution in [2.75, 3.05) is 41.0 Å². The smallest absolute Gasteiger partial charge is 0.362 e. The third kappa shape index (κ3) is 44.2. The Hall–Kier alpha value is -2.97. The van der Waals surface area contributed by atoms with Gasteiger partial charge in [-0.25, -0.2) is 4.79 Å². The average molecular weight is 899 g/mol. The van der Waals surface area contributed by atoms with Crippen LogP contribution in [0, 0.1) is 0 Å². The van der Waals surface area contributed by atoms with Gasteiger partial charge in [0.2, 0.25) is 0 Å². The Balaban J connectivity index is 4.25. The van der Waals surface area contributed by atoms with Gasteiger partial charge in [0.25, 0.3) is 0 Å². The van der Waals surface area contributed by atoms with Crippen LogP contribution in [0.5, 0.6) is 0 Å². The molecular weight excluding hydrogens is 799 g/mol. The molecule has 0 rings (SSSR count). The number of esters is 2. The summed E-state index contributed by atoms with van der Waals surface area (Å²) in [4.78, 5) is 37.2. The topological polar surface area (TPSA) is 99.1 Å². The van der Waals surface area contributed by atoms with Gasteiger partial charge < -0.3 is 23.8 Å². The number of hydrogen-bond donors (Lipinski definition) is 1. The van der Waals surface area contributed by atoms with Crippen LogP contribution in [0.15, 0.2) is 60.8 Å². The fourth-order valence-corrected chi connectivity index (χ4v) is 7.61. The summed E-state index contributed by atoms with van der Waals surface area (Å²) in [6.45, 7) is 4.63. The lowest BCUT2D eigenvalue weighted by atomic mass is 10.1. The maximum Gasteiger partial charge on any atom is 0.362 e. The number of nitrogens with zero attached hydrogens (tertiary/aromatic N) is 1. The molecule has 64 heavy (non-hydrogen) atoms. The molecule has 0 aliphatic carbocycles. The molecule has 0 amide bonds. The van der Waals surface area contributed by atoms with Gasteiger partial charge in [0.1, 0.15) is 6.61 Å². The molecule has 2 atom stereocenters. The molecule has 0 radical (unpaired) electrons. The molecule has 1 N–H and O–H groups in total. The van der Waals surface area contributed by atoms with Crippen molar-refractivity contribution in [2.45, 2.75) is 238 Å². The molecule has 0 bridgehead atoms. The van der Waals surface area contributed by atoms with Crippen LogP contribution in [0.25, 0.3) is 0 Å². The molecule has 0 saturated carbocycles. The number of hydrogen-bond acceptors (Lipinski definition) is 6. The number of carbonyl (C=O) groups is 3. The number of allylic oxidation sites excluding steroid dienone is 10. The van der Waals surface area contributed by atoms with Crippen molar-refractivity contribution in [1.82, 2.24) is 0 Å². The van der Waals surface area contributed by atoms with Gasteiger partial charge in [-0.15, -0.1) is 0 Å². The number of carboxylic acids is 1. The fraction of sp³-hybridized carbons (Fsp3) is 0.768. The lowest BCUT2D eigenvalue weighted by Gasteiger charge is -2.31. The second-order valence-corrected chi connectivity index (χ2v) is 18.7. The number of ether oxygens (including phenoxy) is 3. The molecule has 0 aromatic heterocycles. The zero-order valence-corrected chi connectivity index (χ0v) is 42.2. The molecule has 0 heterocycles. The molecule has 0 aliphatic heterocycles. The maximum atomic E-state index is 12.8. The van der Waals surface area contributed by atoms with E-state index in [2.05, 4.69) is 74.6 Å². The molecule has 0 aromatic rings. The molecule has 370 valence electrons. The highest BCUT2D eigenvalue weighted by Crippen LogP contribution is 2.15. The second-order valence-electron chi connectivity index (χ2n) is 18.7. The summed E-state index contributed by atoms with van der Waals surface area (Å²) in [6, 6.07) is -0.619. The van der Waals surface area contributed by atoms with E-state index in [0.717, 1.165) is 83.5 Å². The van der Waals surface area contributed by atoms with E-state index in [4.69, 9.17) is 14.2 Å². The molecule has 8 heteroatoms. The van der Waals surface area contributed by atoms with Gasteiger partial charge in [0.05, 0.1) is 34.4 Å². The summed E-state index contributed by atoms with van der Waals surface area (Å²) in [7, 11) is 5.53. The summed E-state index contributed by atoms with van der Waals surface area (Å²) in [5.41, 5.74) is 0. The Bertz CT molecular complexity index is 1230. The highest BCUT2D eigenvalue weighted by atomic mass is 16.6. The second kappa shape index (κ2) is 46.6. The van der Waals surface area contributed by atoms with Gasteiger partial charge >= 0.3 is 17.9 Å². The minimum absolute atomic E-state index is 0.0551. The zero-order chi connectivity index (χ0) is 47.0. The third-order valence-electron chi connectivity index (χ3n) is 11.7. The van der Waals surface area contributed by atoms with Crippen LogP contribution < -0.4 is 0 Å². The van der Waals surface area contributed by atoms with Crippen molar-refractivity contribution >= 4 is 17.9 Å². The molecule has 8 nitrogen and oxygen atoms in total. The normalized spacial score (nSPS) is 13.3. The molecule has 0 spiro atoms. The van der Waals surface area contributed by atoms with E-state index in [1.54, 1.807) is 0 Å². The van der Waals surface area contributed by atoms with Gasteiger partial charge in [-0.2, -0.15) is 0 Å². The van der Waals surface area contributed by atoms with Crippen LogP contribution in [0.1, 0.15) is 226 Å². The highest BCUT2D eigenvalue weighted by Gasteiger charge is 2.31. The summed E-state index contributed by atoms with van der Waals surface area (Å²) >= 11 is 0. The van der Waals surface area contributed by atoms with Crippen LogP contribution in [0.2, 0.25) is 0 Å². The van der Waals surface area contributed by atoms with Gasteiger partial charge in [0.15, 0.2) is 12.1 Å². The predicted octanol–water partition coefficient (Wildman–Crippen LogP) is 15.3. The molecule has 2 unspecified atom stereocenters. The van der Waals surface area contributed by atoms with E-state index in [1.165, 1.54) is 109 Å². The van der Waals surface area contributed by atoms with Crippen LogP contribution in [0.3, 0.4) is 0 Å². The first-order valence-electron chi connectivity index (χ1n) is 26.3. The van der Waals surface area contributed by atoms with Crippen molar-refractivity contribution in [3.8, 4) is 0 Å². The van der Waals surface area contributed by atoms with Crippen molar-refractivity contribution in [3.63, 3.8) is 0 Å². The van der Waals surface area contributed by atoms with Crippen LogP contribution in [-0.4, -0.2) is 80.6 Å². The minimum Gasteiger partial charge on any atom is -0.477 e. The average Bonchev–Trinajstić information content (AvgIpc) is 3.26. The summed E-state index contributed by atoms with van der Waals surface area (Å²) < 4.78 is 17.4. The first-order valence-corrected chi connectivity index (χ1v) is 26.3. The Morgan fingerprint density at radius 2 is 0.875 bits per heavy atom. The Morgan fingerprint density at radius 3 is 1.31 bits per heavy atom. The number of quaternary nitrogens is 1. The van der Waals surface area contributed by atoms with Crippen molar-refractivity contribution in [1.29, 1.82) is 0 Å². The predicted molar refractivity (Wildman–Crippen MR) is 271 cm³/mol. The number of rotatable bonds is 47. The Kier molecular flexibility index (Phi) is 44.4. The maximum absolute atomic E-state index is 12.8. The number of aliphatic carboxylic acids is 1. The quantitative estimate of drug-likeness (QED) is 0.0281. The van der Waals surface area contributed by atoms with E-state index < -0.39 is 18.1 Å². The van der Waals surface area contributed by atoms with Gasteiger partial charge in [-0.3, -0.25) is 9.59 Å². The SMILES string of the molecule is CC/C=C/C/C=C/C/C=C/C/C=C/CCCCCCCCCCCC(=O)OC(COCCC(C(=O)O)[N+](C)(C)C)COC(=O)CCCCCCC/C=C/CCCCCCCCCCC. The van der Waals surface area contributed by atoms with Gasteiger partial charge in [0, 0.05) is 19.3 Å². The number of likely N-dealkylation sites (N-methyl/N-ethyl adjacent to an activating group) is 1. The highest BCUT2D eigenvalue weighted by molar-refractivity contribution is 5.72. The van der Waals surface area contributed by atoms with Gasteiger partial charge in [-0.1, -0.05) is 190 Å². The van der Waals surface area contributed by atoms with E-state index in [9.17, 15) is 19.5 Å². The molecule has 0 saturated heterocycles. The van der Waals surface area contributed by atoms with Crippen LogP contribution >= 0.6 is 0 Å². The Morgan fingerprint density at radius 1 is 0.484 bits per heavy atom. The zero-order valence-electron chi connectivity index (χ0n) is 42.2.